The van der Waals surface area contributed by atoms with Gasteiger partial charge >= 0.3 is 5.63 Å². The summed E-state index contributed by atoms with van der Waals surface area (Å²) in [5.74, 6) is 1.25. The molecule has 30 heavy (non-hydrogen) atoms. The van der Waals surface area contributed by atoms with Crippen molar-refractivity contribution in [2.45, 2.75) is 64.9 Å². The van der Waals surface area contributed by atoms with E-state index < -0.39 is 0 Å². The largest absolute Gasteiger partial charge is 0.487 e. The van der Waals surface area contributed by atoms with Crippen LogP contribution in [0, 0.1) is 12.8 Å². The molecule has 6 nitrogen and oxygen atoms in total. The highest BCUT2D eigenvalue weighted by atomic mass is 16.5. The lowest BCUT2D eigenvalue weighted by atomic mass is 9.92. The van der Waals surface area contributed by atoms with Crippen molar-refractivity contribution < 1.29 is 18.7 Å². The summed E-state index contributed by atoms with van der Waals surface area (Å²) in [6.45, 7) is 8.29. The van der Waals surface area contributed by atoms with Crippen LogP contribution in [0.25, 0.3) is 11.0 Å². The fourth-order valence-corrected chi connectivity index (χ4v) is 4.36. The normalized spacial score (nSPS) is 18.6. The Morgan fingerprint density at radius 3 is 2.77 bits per heavy atom. The highest BCUT2D eigenvalue weighted by Crippen LogP contribution is 2.36. The van der Waals surface area contributed by atoms with Gasteiger partial charge < -0.3 is 19.2 Å². The van der Waals surface area contributed by atoms with Gasteiger partial charge in [-0.1, -0.05) is 0 Å². The molecule has 1 fully saturated rings. The lowest BCUT2D eigenvalue weighted by Gasteiger charge is -2.32. The topological polar surface area (TPSA) is 77.8 Å². The Morgan fingerprint density at radius 2 is 2.00 bits per heavy atom. The molecule has 0 unspecified atom stereocenters. The molecule has 162 valence electrons. The van der Waals surface area contributed by atoms with Gasteiger partial charge in [-0.3, -0.25) is 4.79 Å². The first-order valence-corrected chi connectivity index (χ1v) is 10.9. The number of fused-ring (bicyclic) bond motifs is 2. The minimum atomic E-state index is -0.368. The minimum Gasteiger partial charge on any atom is -0.487 e. The first-order chi connectivity index (χ1) is 14.3. The molecule has 1 saturated heterocycles. The highest BCUT2D eigenvalue weighted by Gasteiger charge is 2.27. The van der Waals surface area contributed by atoms with Crippen LogP contribution in [0.1, 0.15) is 56.2 Å². The predicted octanol–water partition coefficient (Wildman–Crippen LogP) is 3.68. The van der Waals surface area contributed by atoms with Crippen LogP contribution < -0.4 is 15.7 Å². The lowest BCUT2D eigenvalue weighted by Crippen LogP contribution is -2.32. The zero-order chi connectivity index (χ0) is 21.3. The molecule has 0 bridgehead atoms. The predicted molar refractivity (Wildman–Crippen MR) is 115 cm³/mol. The van der Waals surface area contributed by atoms with E-state index in [1.54, 1.807) is 0 Å². The van der Waals surface area contributed by atoms with Gasteiger partial charge in [-0.25, -0.2) is 4.79 Å². The third kappa shape index (κ3) is 4.53. The molecule has 1 amide bonds. The Balaban J connectivity index is 1.47. The maximum absolute atomic E-state index is 12.6. The van der Waals surface area contributed by atoms with Gasteiger partial charge in [-0.2, -0.15) is 0 Å². The fourth-order valence-electron chi connectivity index (χ4n) is 4.36. The summed E-state index contributed by atoms with van der Waals surface area (Å²) in [5.41, 5.74) is 2.58. The summed E-state index contributed by atoms with van der Waals surface area (Å²) in [5, 5.41) is 3.93. The quantitative estimate of drug-likeness (QED) is 0.757. The molecule has 6 heteroatoms. The Hall–Kier alpha value is -2.34. The molecule has 1 N–H and O–H groups in total. The van der Waals surface area contributed by atoms with Crippen molar-refractivity contribution in [3.05, 3.63) is 39.2 Å². The van der Waals surface area contributed by atoms with Crippen LogP contribution in [0.4, 0.5) is 0 Å². The van der Waals surface area contributed by atoms with Crippen molar-refractivity contribution in [1.82, 2.24) is 5.32 Å². The number of nitrogens with one attached hydrogen (secondary N) is 1. The van der Waals surface area contributed by atoms with Crippen LogP contribution in [-0.2, 0) is 22.4 Å². The maximum Gasteiger partial charge on any atom is 0.339 e. The van der Waals surface area contributed by atoms with Crippen LogP contribution >= 0.6 is 0 Å². The van der Waals surface area contributed by atoms with Gasteiger partial charge in [-0.15, -0.1) is 0 Å². The molecule has 4 rings (SSSR count). The number of carbonyl (C=O) groups is 1. The van der Waals surface area contributed by atoms with E-state index in [0.717, 1.165) is 61.2 Å². The Morgan fingerprint density at radius 1 is 1.23 bits per heavy atom. The molecule has 2 aliphatic rings. The number of aryl methyl sites for hydroxylation is 2. The average Bonchev–Trinajstić information content (AvgIpc) is 2.71. The molecule has 2 aromatic rings. The second-order valence-electron chi connectivity index (χ2n) is 9.17. The zero-order valence-corrected chi connectivity index (χ0v) is 18.1. The second kappa shape index (κ2) is 8.42. The van der Waals surface area contributed by atoms with Gasteiger partial charge in [0.25, 0.3) is 0 Å². The first-order valence-electron chi connectivity index (χ1n) is 10.9. The Bertz CT molecular complexity index is 1000. The van der Waals surface area contributed by atoms with Crippen LogP contribution in [0.3, 0.4) is 0 Å². The summed E-state index contributed by atoms with van der Waals surface area (Å²) < 4.78 is 17.0. The summed E-state index contributed by atoms with van der Waals surface area (Å²) in [4.78, 5) is 24.9. The molecular formula is C24H31NO5. The van der Waals surface area contributed by atoms with Crippen LogP contribution in [0.15, 0.2) is 21.3 Å². The van der Waals surface area contributed by atoms with Gasteiger partial charge in [-0.05, 0) is 76.0 Å². The van der Waals surface area contributed by atoms with Crippen molar-refractivity contribution in [2.75, 3.05) is 19.8 Å². The monoisotopic (exact) mass is 413 g/mol. The summed E-state index contributed by atoms with van der Waals surface area (Å²) in [7, 11) is 0. The molecule has 1 aromatic carbocycles. The molecule has 2 aliphatic heterocycles. The van der Waals surface area contributed by atoms with Crippen molar-refractivity contribution in [3.8, 4) is 5.75 Å². The molecule has 0 aliphatic carbocycles. The summed E-state index contributed by atoms with van der Waals surface area (Å²) in [6, 6.07) is 3.91. The first kappa shape index (κ1) is 20.9. The third-order valence-electron chi connectivity index (χ3n) is 6.38. The Labute approximate surface area is 176 Å². The molecular weight excluding hydrogens is 382 g/mol. The average molecular weight is 414 g/mol. The molecule has 3 heterocycles. The number of hydrogen-bond acceptors (Lipinski definition) is 5. The number of ether oxygens (including phenoxy) is 2. The van der Waals surface area contributed by atoms with Gasteiger partial charge in [0.2, 0.25) is 5.91 Å². The van der Waals surface area contributed by atoms with E-state index in [1.807, 2.05) is 13.0 Å². The Kier molecular flexibility index (Phi) is 5.87. The van der Waals surface area contributed by atoms with E-state index >= 15 is 0 Å². The fraction of sp³-hybridized carbons (Fsp3) is 0.583. The van der Waals surface area contributed by atoms with E-state index in [0.29, 0.717) is 30.0 Å². The van der Waals surface area contributed by atoms with Gasteiger partial charge in [0.1, 0.15) is 16.9 Å². The van der Waals surface area contributed by atoms with Gasteiger partial charge in [0.15, 0.2) is 0 Å². The van der Waals surface area contributed by atoms with Crippen molar-refractivity contribution in [3.63, 3.8) is 0 Å². The van der Waals surface area contributed by atoms with Crippen molar-refractivity contribution in [2.24, 2.45) is 5.92 Å². The number of hydrogen-bond donors (Lipinski definition) is 1. The number of amides is 1. The molecule has 0 spiro atoms. The highest BCUT2D eigenvalue weighted by molar-refractivity contribution is 5.84. The minimum absolute atomic E-state index is 0.0264. The summed E-state index contributed by atoms with van der Waals surface area (Å²) in [6.07, 6.45) is 4.51. The molecule has 0 radical (unpaired) electrons. The SMILES string of the molecule is Cc1c(CCC(=O)NCC2CCOCC2)c(=O)oc2cc3c(cc12)CCC(C)(C)O3. The van der Waals surface area contributed by atoms with Crippen LogP contribution in [0.5, 0.6) is 5.75 Å². The second-order valence-corrected chi connectivity index (χ2v) is 9.17. The van der Waals surface area contributed by atoms with Gasteiger partial charge in [0.05, 0.1) is 0 Å². The number of rotatable bonds is 5. The zero-order valence-electron chi connectivity index (χ0n) is 18.1. The smallest absolute Gasteiger partial charge is 0.339 e. The standard InChI is InChI=1S/C24H31NO5/c1-15-18(4-5-22(26)25-14-16-7-10-28-11-8-16)23(27)29-21-13-20-17(12-19(15)21)6-9-24(2,3)30-20/h12-13,16H,4-11,14H2,1-3H3,(H,25,26). The van der Waals surface area contributed by atoms with E-state index in [-0.39, 0.29) is 23.6 Å². The number of carbonyl (C=O) groups excluding carboxylic acids is 1. The van der Waals surface area contributed by atoms with E-state index in [1.165, 1.54) is 0 Å². The molecule has 1 aromatic heterocycles. The van der Waals surface area contributed by atoms with Gasteiger partial charge in [0, 0.05) is 43.2 Å². The molecule has 0 saturated carbocycles. The van der Waals surface area contributed by atoms with Crippen LogP contribution in [-0.4, -0.2) is 31.3 Å². The molecule has 0 atom stereocenters. The third-order valence-corrected chi connectivity index (χ3v) is 6.38. The number of benzene rings is 1. The lowest BCUT2D eigenvalue weighted by molar-refractivity contribution is -0.121. The van der Waals surface area contributed by atoms with E-state index in [4.69, 9.17) is 13.9 Å². The summed E-state index contributed by atoms with van der Waals surface area (Å²) >= 11 is 0. The van der Waals surface area contributed by atoms with Crippen molar-refractivity contribution in [1.29, 1.82) is 0 Å². The van der Waals surface area contributed by atoms with Crippen LogP contribution in [0.2, 0.25) is 0 Å². The van der Waals surface area contributed by atoms with E-state index in [9.17, 15) is 9.59 Å². The van der Waals surface area contributed by atoms with Crippen molar-refractivity contribution >= 4 is 16.9 Å². The van der Waals surface area contributed by atoms with E-state index in [2.05, 4.69) is 25.2 Å². The maximum atomic E-state index is 12.6.